The van der Waals surface area contributed by atoms with E-state index >= 15 is 0 Å². The molecular weight excluding hydrogens is 386 g/mol. The van der Waals surface area contributed by atoms with Crippen molar-refractivity contribution in [3.8, 4) is 23.8 Å². The molecular formula is C27H27NO3. The van der Waals surface area contributed by atoms with Crippen molar-refractivity contribution in [1.82, 2.24) is 0 Å². The Balaban J connectivity index is 1.87. The van der Waals surface area contributed by atoms with Crippen LogP contribution in [0.3, 0.4) is 0 Å². The minimum absolute atomic E-state index is 0.0707. The summed E-state index contributed by atoms with van der Waals surface area (Å²) in [7, 11) is 1.64. The molecule has 3 aromatic rings. The van der Waals surface area contributed by atoms with Gasteiger partial charge in [0.25, 0.3) is 0 Å². The normalized spacial score (nSPS) is 10.4. The number of methoxy groups -OCH3 is 1. The lowest BCUT2D eigenvalue weighted by Gasteiger charge is -2.14. The number of carbonyl (C=O) groups is 1. The first-order valence-corrected chi connectivity index (χ1v) is 10.2. The van der Waals surface area contributed by atoms with E-state index in [0.717, 1.165) is 17.0 Å². The fourth-order valence-corrected chi connectivity index (χ4v) is 3.20. The number of ketones is 1. The molecule has 158 valence electrons. The first-order valence-electron chi connectivity index (χ1n) is 10.2. The van der Waals surface area contributed by atoms with Crippen LogP contribution in [0.1, 0.15) is 46.8 Å². The summed E-state index contributed by atoms with van der Waals surface area (Å²) in [6, 6.07) is 21.0. The van der Waals surface area contributed by atoms with Gasteiger partial charge in [-0.3, -0.25) is 4.79 Å². The molecule has 0 saturated heterocycles. The van der Waals surface area contributed by atoms with Crippen LogP contribution in [-0.2, 0) is 6.54 Å². The molecule has 0 aliphatic rings. The molecule has 0 aromatic heterocycles. The number of rotatable bonds is 9. The van der Waals surface area contributed by atoms with E-state index in [4.69, 9.17) is 15.9 Å². The monoisotopic (exact) mass is 413 g/mol. The summed E-state index contributed by atoms with van der Waals surface area (Å²) in [5, 5.41) is 3.37. The summed E-state index contributed by atoms with van der Waals surface area (Å²) < 4.78 is 10.8. The molecule has 31 heavy (non-hydrogen) atoms. The Bertz CT molecular complexity index is 1060. The molecule has 0 aliphatic heterocycles. The second-order valence-corrected chi connectivity index (χ2v) is 7.51. The molecule has 0 atom stereocenters. The summed E-state index contributed by atoms with van der Waals surface area (Å²) in [6.45, 7) is 4.98. The van der Waals surface area contributed by atoms with E-state index in [9.17, 15) is 4.79 Å². The Morgan fingerprint density at radius 2 is 1.68 bits per heavy atom. The molecule has 4 heteroatoms. The molecule has 4 nitrogen and oxygen atoms in total. The number of carbonyl (C=O) groups excluding carboxylic acids is 1. The zero-order valence-electron chi connectivity index (χ0n) is 18.1. The minimum Gasteiger partial charge on any atom is -0.497 e. The third-order valence-corrected chi connectivity index (χ3v) is 5.04. The summed E-state index contributed by atoms with van der Waals surface area (Å²) >= 11 is 0. The van der Waals surface area contributed by atoms with Crippen molar-refractivity contribution in [3.63, 3.8) is 0 Å². The maximum absolute atomic E-state index is 13.3. The molecule has 0 spiro atoms. The van der Waals surface area contributed by atoms with Crippen molar-refractivity contribution in [2.75, 3.05) is 19.0 Å². The van der Waals surface area contributed by atoms with Gasteiger partial charge in [-0.1, -0.05) is 56.2 Å². The predicted molar refractivity (Wildman–Crippen MR) is 125 cm³/mol. The number of anilines is 1. The van der Waals surface area contributed by atoms with E-state index in [-0.39, 0.29) is 12.4 Å². The van der Waals surface area contributed by atoms with E-state index in [1.54, 1.807) is 13.2 Å². The van der Waals surface area contributed by atoms with Crippen molar-refractivity contribution in [2.24, 2.45) is 0 Å². The summed E-state index contributed by atoms with van der Waals surface area (Å²) in [4.78, 5) is 13.3. The third kappa shape index (κ3) is 5.67. The van der Waals surface area contributed by atoms with Gasteiger partial charge in [-0.05, 0) is 47.4 Å². The molecule has 0 saturated carbocycles. The number of hydrogen-bond acceptors (Lipinski definition) is 4. The zero-order valence-corrected chi connectivity index (χ0v) is 18.1. The van der Waals surface area contributed by atoms with E-state index in [0.29, 0.717) is 29.3 Å². The number of nitrogens with one attached hydrogen (secondary N) is 1. The predicted octanol–water partition coefficient (Wildman–Crippen LogP) is 5.67. The van der Waals surface area contributed by atoms with Crippen LogP contribution < -0.4 is 14.8 Å². The van der Waals surface area contributed by atoms with Crippen LogP contribution in [0.15, 0.2) is 66.7 Å². The number of terminal acetylenes is 1. The van der Waals surface area contributed by atoms with Crippen LogP contribution in [0, 0.1) is 12.3 Å². The van der Waals surface area contributed by atoms with Crippen LogP contribution >= 0.6 is 0 Å². The summed E-state index contributed by atoms with van der Waals surface area (Å²) in [6.07, 6.45) is 5.30. The van der Waals surface area contributed by atoms with Gasteiger partial charge in [0, 0.05) is 23.4 Å². The highest BCUT2D eigenvalue weighted by atomic mass is 16.5. The first-order chi connectivity index (χ1) is 15.0. The lowest BCUT2D eigenvalue weighted by molar-refractivity contribution is 0.103. The van der Waals surface area contributed by atoms with Gasteiger partial charge in [-0.2, -0.15) is 0 Å². The SMILES string of the molecule is C#CCOc1ccc(NCc2ccc(OC)cc2)c(C(=O)c2ccc(C(C)C)cc2)c1. The van der Waals surface area contributed by atoms with Gasteiger partial charge < -0.3 is 14.8 Å². The molecule has 0 aliphatic carbocycles. The van der Waals surface area contributed by atoms with Crippen LogP contribution in [0.5, 0.6) is 11.5 Å². The molecule has 0 fully saturated rings. The third-order valence-electron chi connectivity index (χ3n) is 5.04. The fourth-order valence-electron chi connectivity index (χ4n) is 3.20. The highest BCUT2D eigenvalue weighted by Crippen LogP contribution is 2.26. The maximum atomic E-state index is 13.3. The van der Waals surface area contributed by atoms with Gasteiger partial charge in [0.15, 0.2) is 5.78 Å². The second kappa shape index (κ2) is 10.4. The quantitative estimate of drug-likeness (QED) is 0.362. The highest BCUT2D eigenvalue weighted by Gasteiger charge is 2.16. The summed E-state index contributed by atoms with van der Waals surface area (Å²) in [5.41, 5.74) is 4.18. The first kappa shape index (κ1) is 22.0. The molecule has 0 bridgehead atoms. The Morgan fingerprint density at radius 3 is 2.29 bits per heavy atom. The minimum atomic E-state index is -0.0707. The van der Waals surface area contributed by atoms with E-state index < -0.39 is 0 Å². The second-order valence-electron chi connectivity index (χ2n) is 7.51. The molecule has 1 N–H and O–H groups in total. The van der Waals surface area contributed by atoms with Gasteiger partial charge >= 0.3 is 0 Å². The smallest absolute Gasteiger partial charge is 0.195 e. The van der Waals surface area contributed by atoms with Gasteiger partial charge in [-0.25, -0.2) is 0 Å². The lowest BCUT2D eigenvalue weighted by Crippen LogP contribution is -2.09. The average molecular weight is 414 g/mol. The van der Waals surface area contributed by atoms with Crippen LogP contribution in [0.25, 0.3) is 0 Å². The number of benzene rings is 3. The van der Waals surface area contributed by atoms with Gasteiger partial charge in [0.1, 0.15) is 18.1 Å². The van der Waals surface area contributed by atoms with E-state index in [2.05, 4.69) is 25.1 Å². The van der Waals surface area contributed by atoms with Crippen LogP contribution in [0.2, 0.25) is 0 Å². The van der Waals surface area contributed by atoms with Crippen molar-refractivity contribution in [2.45, 2.75) is 26.3 Å². The van der Waals surface area contributed by atoms with Crippen molar-refractivity contribution >= 4 is 11.5 Å². The van der Waals surface area contributed by atoms with Crippen molar-refractivity contribution < 1.29 is 14.3 Å². The molecule has 3 rings (SSSR count). The molecule has 0 heterocycles. The zero-order chi connectivity index (χ0) is 22.2. The highest BCUT2D eigenvalue weighted by molar-refractivity contribution is 6.12. The molecule has 3 aromatic carbocycles. The molecule has 0 amide bonds. The largest absolute Gasteiger partial charge is 0.497 e. The lowest BCUT2D eigenvalue weighted by atomic mass is 9.97. The number of hydrogen-bond donors (Lipinski definition) is 1. The fraction of sp³-hybridized carbons (Fsp3) is 0.222. The van der Waals surface area contributed by atoms with Crippen LogP contribution in [0.4, 0.5) is 5.69 Å². The van der Waals surface area contributed by atoms with E-state index in [1.807, 2.05) is 60.7 Å². The van der Waals surface area contributed by atoms with Gasteiger partial charge in [0.05, 0.1) is 7.11 Å². The molecule has 0 radical (unpaired) electrons. The van der Waals surface area contributed by atoms with Crippen molar-refractivity contribution in [1.29, 1.82) is 0 Å². The number of ether oxygens (including phenoxy) is 2. The topological polar surface area (TPSA) is 47.6 Å². The Morgan fingerprint density at radius 1 is 1.00 bits per heavy atom. The summed E-state index contributed by atoms with van der Waals surface area (Å²) in [5.74, 6) is 4.16. The standard InChI is InChI=1S/C27H27NO3/c1-5-16-31-24-14-15-26(28-18-20-6-12-23(30-4)13-7-20)25(17-24)27(29)22-10-8-21(9-11-22)19(2)3/h1,6-15,17,19,28H,16,18H2,2-4H3. The van der Waals surface area contributed by atoms with Gasteiger partial charge in [-0.15, -0.1) is 6.42 Å². The average Bonchev–Trinajstić information content (AvgIpc) is 2.81. The Labute approximate surface area is 184 Å². The van der Waals surface area contributed by atoms with E-state index in [1.165, 1.54) is 5.56 Å². The van der Waals surface area contributed by atoms with Crippen molar-refractivity contribution in [3.05, 3.63) is 89.0 Å². The Kier molecular flexibility index (Phi) is 7.35. The van der Waals surface area contributed by atoms with Crippen LogP contribution in [-0.4, -0.2) is 19.5 Å². The van der Waals surface area contributed by atoms with Gasteiger partial charge in [0.2, 0.25) is 0 Å². The molecule has 0 unspecified atom stereocenters. The maximum Gasteiger partial charge on any atom is 0.195 e. The Hall–Kier alpha value is -3.71.